The van der Waals surface area contributed by atoms with Gasteiger partial charge in [-0.3, -0.25) is 4.79 Å². The van der Waals surface area contributed by atoms with E-state index < -0.39 is 11.3 Å². The summed E-state index contributed by atoms with van der Waals surface area (Å²) in [5, 5.41) is 14.2. The number of carbonyl (C=O) groups is 1. The summed E-state index contributed by atoms with van der Waals surface area (Å²) in [6, 6.07) is 11.9. The molecule has 208 valence electrons. The average Bonchev–Trinajstić information content (AvgIpc) is 3.40. The van der Waals surface area contributed by atoms with Crippen molar-refractivity contribution in [3.05, 3.63) is 64.8 Å². The number of hydrogen-bond acceptors (Lipinski definition) is 2. The molecule has 6 heteroatoms. The molecule has 1 heterocycles. The Morgan fingerprint density at radius 3 is 2.90 bits per heavy atom. The summed E-state index contributed by atoms with van der Waals surface area (Å²) < 4.78 is 31.1. The molecule has 3 aliphatic carbocycles. The number of aromatic nitrogens is 1. The van der Waals surface area contributed by atoms with Crippen molar-refractivity contribution >= 4 is 16.8 Å². The highest BCUT2D eigenvalue weighted by Gasteiger charge is 2.67. The summed E-state index contributed by atoms with van der Waals surface area (Å²) >= 11 is 0. The van der Waals surface area contributed by atoms with Gasteiger partial charge in [0.05, 0.1) is 0 Å². The van der Waals surface area contributed by atoms with Gasteiger partial charge in [-0.25, -0.2) is 8.78 Å². The molecule has 39 heavy (non-hydrogen) atoms. The highest BCUT2D eigenvalue weighted by Crippen LogP contribution is 2.68. The molecule has 0 radical (unpaired) electrons. The molecule has 0 spiro atoms. The number of carbonyl (C=O) groups excluding carboxylic acids is 1. The fraction of sp³-hybridized carbons (Fsp3) is 0.545. The largest absolute Gasteiger partial charge is 0.508 e. The second kappa shape index (κ2) is 9.94. The SMILES string of the molecule is Cc1cccc2c(CCNC(=O)CCC[C@@H]3CC(F)(F)[C@@]4(C)CC[C@@H]5c6ccc(O)cc6CC[C@H]5[C@H]34)c[nH]c12. The Kier molecular flexibility index (Phi) is 6.71. The van der Waals surface area contributed by atoms with Crippen molar-refractivity contribution in [3.63, 3.8) is 0 Å². The summed E-state index contributed by atoms with van der Waals surface area (Å²) in [4.78, 5) is 16.0. The summed E-state index contributed by atoms with van der Waals surface area (Å²) in [6.45, 7) is 4.49. The first-order chi connectivity index (χ1) is 18.7. The zero-order valence-electron chi connectivity index (χ0n) is 23.0. The lowest BCUT2D eigenvalue weighted by Crippen LogP contribution is -2.47. The van der Waals surface area contributed by atoms with Crippen LogP contribution < -0.4 is 5.32 Å². The first-order valence-corrected chi connectivity index (χ1v) is 14.7. The zero-order chi connectivity index (χ0) is 27.4. The molecular weight excluding hydrogens is 494 g/mol. The Hall–Kier alpha value is -2.89. The van der Waals surface area contributed by atoms with Crippen molar-refractivity contribution in [2.75, 3.05) is 6.54 Å². The Morgan fingerprint density at radius 1 is 1.21 bits per heavy atom. The lowest BCUT2D eigenvalue weighted by Gasteiger charge is -2.51. The number of para-hydroxylation sites is 1. The van der Waals surface area contributed by atoms with Crippen molar-refractivity contribution in [3.8, 4) is 5.75 Å². The van der Waals surface area contributed by atoms with Gasteiger partial charge in [-0.2, -0.15) is 0 Å². The molecule has 4 nitrogen and oxygen atoms in total. The highest BCUT2D eigenvalue weighted by atomic mass is 19.3. The van der Waals surface area contributed by atoms with Gasteiger partial charge in [-0.05, 0) is 110 Å². The van der Waals surface area contributed by atoms with Gasteiger partial charge in [-0.1, -0.05) is 31.2 Å². The van der Waals surface area contributed by atoms with E-state index in [1.54, 1.807) is 6.07 Å². The van der Waals surface area contributed by atoms with E-state index in [0.29, 0.717) is 38.1 Å². The Morgan fingerprint density at radius 2 is 2.05 bits per heavy atom. The van der Waals surface area contributed by atoms with Crippen LogP contribution in [0.25, 0.3) is 10.9 Å². The number of phenols is 1. The van der Waals surface area contributed by atoms with Crippen LogP contribution in [0, 0.1) is 30.1 Å². The molecule has 2 fully saturated rings. The molecule has 1 aromatic heterocycles. The molecule has 2 aromatic carbocycles. The smallest absolute Gasteiger partial charge is 0.253 e. The summed E-state index contributed by atoms with van der Waals surface area (Å²) in [7, 11) is 0. The van der Waals surface area contributed by atoms with Crippen LogP contribution in [0.15, 0.2) is 42.6 Å². The Balaban J connectivity index is 1.07. The molecule has 3 aromatic rings. The monoisotopic (exact) mass is 534 g/mol. The number of phenolic OH excluding ortho intramolecular Hbond substituents is 1. The topological polar surface area (TPSA) is 65.1 Å². The van der Waals surface area contributed by atoms with E-state index in [4.69, 9.17) is 0 Å². The van der Waals surface area contributed by atoms with Gasteiger partial charge in [0.25, 0.3) is 5.92 Å². The van der Waals surface area contributed by atoms with Gasteiger partial charge in [0.2, 0.25) is 5.91 Å². The predicted octanol–water partition coefficient (Wildman–Crippen LogP) is 7.43. The standard InChI is InChI=1S/C33H40F2N2O2/c1-20-5-3-7-26-23(19-37-31(20)26)14-16-36-29(39)8-4-6-22-18-33(34,35)32(2)15-13-27-25-12-10-24(38)17-21(25)9-11-28(27)30(22)32/h3,5,7,10,12,17,19,22,27-28,30,37-38H,4,6,8-9,11,13-16,18H2,1-2H3,(H,36,39)/t22-,27-,28-,30+,32+/m1/s1. The first-order valence-electron chi connectivity index (χ1n) is 14.7. The number of H-pyrrole nitrogens is 1. The molecule has 0 aliphatic heterocycles. The normalized spacial score (nSPS) is 29.0. The van der Waals surface area contributed by atoms with Crippen LogP contribution >= 0.6 is 0 Å². The Labute approximate surface area is 229 Å². The van der Waals surface area contributed by atoms with Gasteiger partial charge in [-0.15, -0.1) is 0 Å². The molecule has 1 amide bonds. The molecule has 3 aliphatic rings. The molecule has 3 N–H and O–H groups in total. The number of rotatable bonds is 7. The number of amides is 1. The second-order valence-electron chi connectivity index (χ2n) is 12.6. The third-order valence-electron chi connectivity index (χ3n) is 10.5. The van der Waals surface area contributed by atoms with Crippen molar-refractivity contribution in [1.82, 2.24) is 10.3 Å². The average molecular weight is 535 g/mol. The number of aromatic hydroxyl groups is 1. The van der Waals surface area contributed by atoms with E-state index in [-0.39, 0.29) is 35.8 Å². The Bertz CT molecular complexity index is 1380. The fourth-order valence-corrected chi connectivity index (χ4v) is 8.61. The molecule has 5 atom stereocenters. The van der Waals surface area contributed by atoms with Crippen LogP contribution in [-0.4, -0.2) is 28.5 Å². The van der Waals surface area contributed by atoms with Gasteiger partial charge in [0, 0.05) is 41.9 Å². The van der Waals surface area contributed by atoms with E-state index in [9.17, 15) is 9.90 Å². The van der Waals surface area contributed by atoms with Crippen molar-refractivity contribution in [1.29, 1.82) is 0 Å². The van der Waals surface area contributed by atoms with E-state index >= 15 is 8.78 Å². The number of aryl methyl sites for hydroxylation is 2. The maximum atomic E-state index is 15.5. The maximum Gasteiger partial charge on any atom is 0.253 e. The molecule has 2 saturated carbocycles. The molecule has 0 unspecified atom stereocenters. The lowest BCUT2D eigenvalue weighted by molar-refractivity contribution is -0.133. The lowest BCUT2D eigenvalue weighted by atomic mass is 9.53. The minimum atomic E-state index is -2.66. The number of fused-ring (bicyclic) bond motifs is 6. The van der Waals surface area contributed by atoms with Crippen molar-refractivity contribution in [2.45, 2.75) is 83.5 Å². The van der Waals surface area contributed by atoms with E-state index in [1.807, 2.05) is 25.3 Å². The van der Waals surface area contributed by atoms with Crippen molar-refractivity contribution in [2.24, 2.45) is 23.2 Å². The van der Waals surface area contributed by atoms with E-state index in [1.165, 1.54) is 27.6 Å². The molecular formula is C33H40F2N2O2. The minimum Gasteiger partial charge on any atom is -0.508 e. The second-order valence-corrected chi connectivity index (χ2v) is 12.6. The number of benzene rings is 2. The van der Waals surface area contributed by atoms with Gasteiger partial charge in [0.15, 0.2) is 0 Å². The van der Waals surface area contributed by atoms with Gasteiger partial charge < -0.3 is 15.4 Å². The van der Waals surface area contributed by atoms with Gasteiger partial charge >= 0.3 is 0 Å². The quantitative estimate of drug-likeness (QED) is 0.295. The van der Waals surface area contributed by atoms with Crippen molar-refractivity contribution < 1.29 is 18.7 Å². The minimum absolute atomic E-state index is 0.00598. The van der Waals surface area contributed by atoms with Crippen LogP contribution in [-0.2, 0) is 17.6 Å². The number of alkyl halides is 2. The third-order valence-corrected chi connectivity index (χ3v) is 10.5. The predicted molar refractivity (Wildman–Crippen MR) is 150 cm³/mol. The number of hydrogen-bond donors (Lipinski definition) is 3. The van der Waals surface area contributed by atoms with Crippen LogP contribution in [0.5, 0.6) is 5.75 Å². The zero-order valence-corrected chi connectivity index (χ0v) is 23.0. The maximum absolute atomic E-state index is 15.5. The molecule has 6 rings (SSSR count). The van der Waals surface area contributed by atoms with E-state index in [2.05, 4.69) is 35.4 Å². The highest BCUT2D eigenvalue weighted by molar-refractivity contribution is 5.86. The van der Waals surface area contributed by atoms with Gasteiger partial charge in [0.1, 0.15) is 5.75 Å². The molecule has 0 saturated heterocycles. The van der Waals surface area contributed by atoms with Crippen LogP contribution in [0.4, 0.5) is 8.78 Å². The van der Waals surface area contributed by atoms with Crippen LogP contribution in [0.3, 0.4) is 0 Å². The first kappa shape index (κ1) is 26.3. The number of nitrogens with one attached hydrogen (secondary N) is 2. The van der Waals surface area contributed by atoms with Crippen LogP contribution in [0.2, 0.25) is 0 Å². The van der Waals surface area contributed by atoms with E-state index in [0.717, 1.165) is 31.2 Å². The van der Waals surface area contributed by atoms with Crippen LogP contribution in [0.1, 0.15) is 80.0 Å². The number of halogens is 2. The molecule has 0 bridgehead atoms. The fourth-order valence-electron chi connectivity index (χ4n) is 8.61. The summed E-state index contributed by atoms with van der Waals surface area (Å²) in [5.41, 5.74) is 5.01. The number of aromatic amines is 1. The summed E-state index contributed by atoms with van der Waals surface area (Å²) in [6.07, 6.45) is 7.50. The third kappa shape index (κ3) is 4.54. The summed E-state index contributed by atoms with van der Waals surface area (Å²) in [5.74, 6) is -1.92.